The summed E-state index contributed by atoms with van der Waals surface area (Å²) in [5.74, 6) is 1.49. The van der Waals surface area contributed by atoms with Crippen molar-refractivity contribution in [3.05, 3.63) is 96.8 Å². The third-order valence-electron chi connectivity index (χ3n) is 4.20. The number of aromatic nitrogens is 2. The summed E-state index contributed by atoms with van der Waals surface area (Å²) in [4.78, 5) is 8.65. The van der Waals surface area contributed by atoms with Crippen LogP contribution in [-0.4, -0.2) is 9.97 Å². The first kappa shape index (κ1) is 17.5. The van der Waals surface area contributed by atoms with E-state index in [0.29, 0.717) is 18.1 Å². The maximum atomic E-state index is 5.89. The molecule has 0 spiro atoms. The van der Waals surface area contributed by atoms with Gasteiger partial charge in [0.25, 0.3) is 0 Å². The van der Waals surface area contributed by atoms with E-state index >= 15 is 0 Å². The standard InChI is InChI=1S/C23H20N4O/c24-19-9-4-8-18(12-19)22-14-23(26-16-25-22)27-20-10-5-11-21(13-20)28-15-17-6-2-1-3-7-17/h1-14,16H,15,24H2,(H,25,26,27). The number of nitrogens with zero attached hydrogens (tertiary/aromatic N) is 2. The second-order valence-corrected chi connectivity index (χ2v) is 6.34. The van der Waals surface area contributed by atoms with Crippen molar-refractivity contribution in [2.24, 2.45) is 0 Å². The van der Waals surface area contributed by atoms with Crippen molar-refractivity contribution >= 4 is 17.2 Å². The molecule has 0 saturated carbocycles. The van der Waals surface area contributed by atoms with Crippen LogP contribution < -0.4 is 15.8 Å². The molecule has 138 valence electrons. The van der Waals surface area contributed by atoms with E-state index in [1.165, 1.54) is 6.33 Å². The minimum atomic E-state index is 0.525. The quantitative estimate of drug-likeness (QED) is 0.466. The van der Waals surface area contributed by atoms with E-state index in [2.05, 4.69) is 15.3 Å². The zero-order chi connectivity index (χ0) is 19.2. The highest BCUT2D eigenvalue weighted by molar-refractivity contribution is 5.68. The average Bonchev–Trinajstić information content (AvgIpc) is 2.74. The summed E-state index contributed by atoms with van der Waals surface area (Å²) in [6, 6.07) is 27.4. The predicted octanol–water partition coefficient (Wildman–Crippen LogP) is 5.05. The number of nitrogens with one attached hydrogen (secondary N) is 1. The minimum absolute atomic E-state index is 0.525. The number of anilines is 3. The van der Waals surface area contributed by atoms with Gasteiger partial charge in [-0.15, -0.1) is 0 Å². The van der Waals surface area contributed by atoms with Gasteiger partial charge in [0, 0.05) is 29.1 Å². The molecule has 4 aromatic rings. The van der Waals surface area contributed by atoms with Crippen molar-refractivity contribution in [1.29, 1.82) is 0 Å². The molecule has 0 bridgehead atoms. The molecule has 5 heteroatoms. The molecule has 3 aromatic carbocycles. The van der Waals surface area contributed by atoms with Crippen LogP contribution in [-0.2, 0) is 6.61 Å². The van der Waals surface area contributed by atoms with Gasteiger partial charge >= 0.3 is 0 Å². The molecule has 0 radical (unpaired) electrons. The highest BCUT2D eigenvalue weighted by Crippen LogP contribution is 2.24. The van der Waals surface area contributed by atoms with Crippen LogP contribution in [0.2, 0.25) is 0 Å². The fourth-order valence-electron chi connectivity index (χ4n) is 2.83. The molecular weight excluding hydrogens is 348 g/mol. The summed E-state index contributed by atoms with van der Waals surface area (Å²) in [6.07, 6.45) is 1.54. The topological polar surface area (TPSA) is 73.1 Å². The lowest BCUT2D eigenvalue weighted by molar-refractivity contribution is 0.306. The molecule has 0 unspecified atom stereocenters. The van der Waals surface area contributed by atoms with E-state index in [4.69, 9.17) is 10.5 Å². The number of nitrogens with two attached hydrogens (primary N) is 1. The van der Waals surface area contributed by atoms with Gasteiger partial charge in [0.1, 0.15) is 24.5 Å². The molecule has 0 atom stereocenters. The van der Waals surface area contributed by atoms with Crippen LogP contribution in [0.5, 0.6) is 5.75 Å². The van der Waals surface area contributed by atoms with Gasteiger partial charge in [-0.25, -0.2) is 9.97 Å². The first-order valence-corrected chi connectivity index (χ1v) is 8.98. The first-order chi connectivity index (χ1) is 13.8. The van der Waals surface area contributed by atoms with E-state index in [1.54, 1.807) is 0 Å². The van der Waals surface area contributed by atoms with Crippen LogP contribution in [0.25, 0.3) is 11.3 Å². The normalized spacial score (nSPS) is 10.4. The van der Waals surface area contributed by atoms with E-state index in [-0.39, 0.29) is 0 Å². The Morgan fingerprint density at radius 2 is 1.68 bits per heavy atom. The Hall–Kier alpha value is -3.86. The largest absolute Gasteiger partial charge is 0.489 e. The van der Waals surface area contributed by atoms with Gasteiger partial charge in [-0.1, -0.05) is 48.5 Å². The van der Waals surface area contributed by atoms with Crippen molar-refractivity contribution in [2.75, 3.05) is 11.1 Å². The third-order valence-corrected chi connectivity index (χ3v) is 4.20. The summed E-state index contributed by atoms with van der Waals surface area (Å²) in [7, 11) is 0. The highest BCUT2D eigenvalue weighted by Gasteiger charge is 2.04. The van der Waals surface area contributed by atoms with Gasteiger partial charge < -0.3 is 15.8 Å². The molecule has 0 fully saturated rings. The first-order valence-electron chi connectivity index (χ1n) is 8.98. The Balaban J connectivity index is 1.48. The van der Waals surface area contributed by atoms with Gasteiger partial charge in [0.05, 0.1) is 5.69 Å². The second-order valence-electron chi connectivity index (χ2n) is 6.34. The van der Waals surface area contributed by atoms with E-state index in [1.807, 2.05) is 84.9 Å². The summed E-state index contributed by atoms with van der Waals surface area (Å²) in [6.45, 7) is 0.525. The fourth-order valence-corrected chi connectivity index (χ4v) is 2.83. The monoisotopic (exact) mass is 368 g/mol. The zero-order valence-corrected chi connectivity index (χ0v) is 15.2. The van der Waals surface area contributed by atoms with Crippen LogP contribution in [0.15, 0.2) is 91.3 Å². The summed E-state index contributed by atoms with van der Waals surface area (Å²) >= 11 is 0. The van der Waals surface area contributed by atoms with E-state index < -0.39 is 0 Å². The second kappa shape index (κ2) is 8.22. The number of nitrogen functional groups attached to an aromatic ring is 1. The molecule has 0 aliphatic carbocycles. The molecule has 0 aliphatic heterocycles. The van der Waals surface area contributed by atoms with Crippen LogP contribution >= 0.6 is 0 Å². The van der Waals surface area contributed by atoms with E-state index in [0.717, 1.165) is 28.3 Å². The number of ether oxygens (including phenoxy) is 1. The Morgan fingerprint density at radius 1 is 0.821 bits per heavy atom. The Kier molecular flexibility index (Phi) is 5.15. The average molecular weight is 368 g/mol. The van der Waals surface area contributed by atoms with Crippen LogP contribution in [0.1, 0.15) is 5.56 Å². The lowest BCUT2D eigenvalue weighted by Gasteiger charge is -2.10. The summed E-state index contributed by atoms with van der Waals surface area (Å²) < 4.78 is 5.89. The summed E-state index contributed by atoms with van der Waals surface area (Å²) in [5, 5.41) is 3.30. The Labute approximate surface area is 163 Å². The molecule has 1 aromatic heterocycles. The van der Waals surface area contributed by atoms with Gasteiger partial charge in [-0.05, 0) is 29.8 Å². The number of rotatable bonds is 6. The molecular formula is C23H20N4O. The van der Waals surface area contributed by atoms with Crippen molar-refractivity contribution < 1.29 is 4.74 Å². The molecule has 4 rings (SSSR count). The van der Waals surface area contributed by atoms with Gasteiger partial charge in [-0.3, -0.25) is 0 Å². The molecule has 0 saturated heterocycles. The Morgan fingerprint density at radius 3 is 2.54 bits per heavy atom. The third kappa shape index (κ3) is 4.45. The number of benzene rings is 3. The van der Waals surface area contributed by atoms with Crippen LogP contribution in [0.4, 0.5) is 17.2 Å². The molecule has 1 heterocycles. The molecule has 28 heavy (non-hydrogen) atoms. The lowest BCUT2D eigenvalue weighted by atomic mass is 10.1. The molecule has 0 aliphatic rings. The van der Waals surface area contributed by atoms with Crippen molar-refractivity contribution in [2.45, 2.75) is 6.61 Å². The maximum Gasteiger partial charge on any atom is 0.134 e. The van der Waals surface area contributed by atoms with Gasteiger partial charge in [-0.2, -0.15) is 0 Å². The maximum absolute atomic E-state index is 5.89. The van der Waals surface area contributed by atoms with E-state index in [9.17, 15) is 0 Å². The molecule has 3 N–H and O–H groups in total. The van der Waals surface area contributed by atoms with Gasteiger partial charge in [0.15, 0.2) is 0 Å². The zero-order valence-electron chi connectivity index (χ0n) is 15.2. The molecule has 0 amide bonds. The van der Waals surface area contributed by atoms with Crippen molar-refractivity contribution in [3.63, 3.8) is 0 Å². The van der Waals surface area contributed by atoms with Crippen LogP contribution in [0, 0.1) is 0 Å². The molecule has 5 nitrogen and oxygen atoms in total. The lowest BCUT2D eigenvalue weighted by Crippen LogP contribution is -1.98. The van der Waals surface area contributed by atoms with Crippen molar-refractivity contribution in [1.82, 2.24) is 9.97 Å². The van der Waals surface area contributed by atoms with Crippen molar-refractivity contribution in [3.8, 4) is 17.0 Å². The minimum Gasteiger partial charge on any atom is -0.489 e. The SMILES string of the molecule is Nc1cccc(-c2cc(Nc3cccc(OCc4ccccc4)c3)ncn2)c1. The number of hydrogen-bond acceptors (Lipinski definition) is 5. The van der Waals surface area contributed by atoms with Crippen LogP contribution in [0.3, 0.4) is 0 Å². The smallest absolute Gasteiger partial charge is 0.134 e. The van der Waals surface area contributed by atoms with Gasteiger partial charge in [0.2, 0.25) is 0 Å². The fraction of sp³-hybridized carbons (Fsp3) is 0.0435. The summed E-state index contributed by atoms with van der Waals surface area (Å²) in [5.41, 5.74) is 10.4. The highest BCUT2D eigenvalue weighted by atomic mass is 16.5. The Bertz CT molecular complexity index is 1070. The number of hydrogen-bond donors (Lipinski definition) is 2. The predicted molar refractivity (Wildman–Crippen MR) is 112 cm³/mol.